The first-order valence-corrected chi connectivity index (χ1v) is 9.91. The van der Waals surface area contributed by atoms with Crippen molar-refractivity contribution in [3.8, 4) is 0 Å². The maximum absolute atomic E-state index is 13.1. The standard InChI is InChI=1S/C23H29N3O2.ClH/c1-17(19-9-5-3-6-10-19)25-21(27)15-23(13-14-24-16-23)22(28)26-18(2)20-11-7-4-8-12-20;/h3-12,17-18,24H,13-16H2,1-2H3,(H,25,27)(H,26,28);1H. The topological polar surface area (TPSA) is 70.2 Å². The number of halogens is 1. The molecule has 3 N–H and O–H groups in total. The first-order valence-electron chi connectivity index (χ1n) is 9.91. The molecule has 0 bridgehead atoms. The van der Waals surface area contributed by atoms with Gasteiger partial charge in [0.15, 0.2) is 0 Å². The van der Waals surface area contributed by atoms with Crippen molar-refractivity contribution in [2.24, 2.45) is 5.41 Å². The van der Waals surface area contributed by atoms with Gasteiger partial charge >= 0.3 is 0 Å². The second-order valence-corrected chi connectivity index (χ2v) is 7.69. The highest BCUT2D eigenvalue weighted by molar-refractivity contribution is 5.90. The smallest absolute Gasteiger partial charge is 0.228 e. The summed E-state index contributed by atoms with van der Waals surface area (Å²) in [6.07, 6.45) is 0.845. The Hall–Kier alpha value is -2.37. The van der Waals surface area contributed by atoms with E-state index in [-0.39, 0.29) is 42.7 Å². The zero-order valence-electron chi connectivity index (χ0n) is 17.0. The molecule has 0 saturated carbocycles. The van der Waals surface area contributed by atoms with E-state index in [1.807, 2.05) is 74.5 Å². The van der Waals surface area contributed by atoms with Gasteiger partial charge in [0.2, 0.25) is 11.8 Å². The molecule has 1 saturated heterocycles. The molecule has 1 aliphatic rings. The zero-order chi connectivity index (χ0) is 20.0. The van der Waals surface area contributed by atoms with Crippen molar-refractivity contribution in [3.63, 3.8) is 0 Å². The zero-order valence-corrected chi connectivity index (χ0v) is 17.8. The van der Waals surface area contributed by atoms with E-state index >= 15 is 0 Å². The fraction of sp³-hybridized carbons (Fsp3) is 0.391. The van der Waals surface area contributed by atoms with Crippen molar-refractivity contribution in [2.45, 2.75) is 38.8 Å². The maximum atomic E-state index is 13.1. The van der Waals surface area contributed by atoms with E-state index in [4.69, 9.17) is 0 Å². The van der Waals surface area contributed by atoms with Crippen LogP contribution in [-0.2, 0) is 9.59 Å². The Morgan fingerprint density at radius 1 is 0.931 bits per heavy atom. The Morgan fingerprint density at radius 3 is 1.93 bits per heavy atom. The first-order chi connectivity index (χ1) is 13.5. The minimum absolute atomic E-state index is 0. The van der Waals surface area contributed by atoms with Crippen molar-refractivity contribution in [1.82, 2.24) is 16.0 Å². The van der Waals surface area contributed by atoms with Crippen LogP contribution in [0.2, 0.25) is 0 Å². The van der Waals surface area contributed by atoms with Crippen LogP contribution < -0.4 is 16.0 Å². The minimum Gasteiger partial charge on any atom is -0.350 e. The van der Waals surface area contributed by atoms with E-state index in [1.54, 1.807) is 0 Å². The summed E-state index contributed by atoms with van der Waals surface area (Å²) < 4.78 is 0. The Balaban J connectivity index is 0.00000300. The predicted octanol–water partition coefficient (Wildman–Crippen LogP) is 3.53. The van der Waals surface area contributed by atoms with Gasteiger partial charge in [-0.25, -0.2) is 0 Å². The van der Waals surface area contributed by atoms with E-state index in [0.29, 0.717) is 13.0 Å². The van der Waals surface area contributed by atoms with Crippen LogP contribution in [0.15, 0.2) is 60.7 Å². The molecule has 5 nitrogen and oxygen atoms in total. The molecular formula is C23H30ClN3O2. The molecule has 1 aliphatic heterocycles. The lowest BCUT2D eigenvalue weighted by molar-refractivity contribution is -0.136. The van der Waals surface area contributed by atoms with E-state index in [1.165, 1.54) is 0 Å². The average Bonchev–Trinajstić information content (AvgIpc) is 3.18. The van der Waals surface area contributed by atoms with Gasteiger partial charge < -0.3 is 16.0 Å². The third-order valence-electron chi connectivity index (χ3n) is 5.55. The van der Waals surface area contributed by atoms with E-state index < -0.39 is 5.41 Å². The molecular weight excluding hydrogens is 386 g/mol. The Labute approximate surface area is 179 Å². The Morgan fingerprint density at radius 2 is 1.45 bits per heavy atom. The normalized spacial score (nSPS) is 20.2. The van der Waals surface area contributed by atoms with Gasteiger partial charge in [-0.15, -0.1) is 12.4 Å². The first kappa shape index (κ1) is 22.9. The predicted molar refractivity (Wildman–Crippen MR) is 118 cm³/mol. The number of nitrogens with one attached hydrogen (secondary N) is 3. The Kier molecular flexibility index (Phi) is 8.23. The highest BCUT2D eigenvalue weighted by Crippen LogP contribution is 2.31. The summed E-state index contributed by atoms with van der Waals surface area (Å²) in [5.74, 6) is -0.154. The molecule has 3 atom stereocenters. The summed E-state index contributed by atoms with van der Waals surface area (Å²) in [6, 6.07) is 19.5. The fourth-order valence-electron chi connectivity index (χ4n) is 3.77. The lowest BCUT2D eigenvalue weighted by atomic mass is 9.81. The summed E-state index contributed by atoms with van der Waals surface area (Å²) >= 11 is 0. The van der Waals surface area contributed by atoms with Crippen LogP contribution in [0.4, 0.5) is 0 Å². The molecule has 2 amide bonds. The molecule has 1 heterocycles. The lowest BCUT2D eigenvalue weighted by Gasteiger charge is -2.29. The number of amides is 2. The molecule has 2 aromatic carbocycles. The van der Waals surface area contributed by atoms with Crippen molar-refractivity contribution in [3.05, 3.63) is 71.8 Å². The van der Waals surface area contributed by atoms with Gasteiger partial charge in [0.05, 0.1) is 17.5 Å². The molecule has 29 heavy (non-hydrogen) atoms. The van der Waals surface area contributed by atoms with Crippen LogP contribution in [0.25, 0.3) is 0 Å². The molecule has 2 aromatic rings. The monoisotopic (exact) mass is 415 g/mol. The van der Waals surface area contributed by atoms with Gasteiger partial charge in [-0.3, -0.25) is 9.59 Å². The third-order valence-corrected chi connectivity index (χ3v) is 5.55. The van der Waals surface area contributed by atoms with Crippen molar-refractivity contribution in [2.75, 3.05) is 13.1 Å². The molecule has 156 valence electrons. The molecule has 0 radical (unpaired) electrons. The average molecular weight is 416 g/mol. The lowest BCUT2D eigenvalue weighted by Crippen LogP contribution is -2.46. The Bertz CT molecular complexity index is 792. The number of carbonyl (C=O) groups is 2. The number of carbonyl (C=O) groups excluding carboxylic acids is 2. The molecule has 6 heteroatoms. The van der Waals surface area contributed by atoms with E-state index in [9.17, 15) is 9.59 Å². The van der Waals surface area contributed by atoms with E-state index in [0.717, 1.165) is 17.7 Å². The van der Waals surface area contributed by atoms with Crippen LogP contribution in [0.5, 0.6) is 0 Å². The highest BCUT2D eigenvalue weighted by Gasteiger charge is 2.43. The molecule has 3 rings (SSSR count). The largest absolute Gasteiger partial charge is 0.350 e. The molecule has 0 aliphatic carbocycles. The summed E-state index contributed by atoms with van der Waals surface area (Å²) in [5.41, 5.74) is 1.40. The third kappa shape index (κ3) is 5.81. The summed E-state index contributed by atoms with van der Waals surface area (Å²) in [7, 11) is 0. The summed E-state index contributed by atoms with van der Waals surface area (Å²) in [5, 5.41) is 9.41. The maximum Gasteiger partial charge on any atom is 0.228 e. The van der Waals surface area contributed by atoms with Gasteiger partial charge in [0, 0.05) is 13.0 Å². The van der Waals surface area contributed by atoms with Gasteiger partial charge in [-0.05, 0) is 37.9 Å². The van der Waals surface area contributed by atoms with Crippen LogP contribution in [-0.4, -0.2) is 24.9 Å². The SMILES string of the molecule is CC(NC(=O)CC1(C(=O)NC(C)c2ccccc2)CCNC1)c1ccccc1.Cl. The van der Waals surface area contributed by atoms with Gasteiger partial charge in [0.1, 0.15) is 0 Å². The van der Waals surface area contributed by atoms with Gasteiger partial charge in [-0.1, -0.05) is 60.7 Å². The number of benzene rings is 2. The second kappa shape index (κ2) is 10.4. The van der Waals surface area contributed by atoms with Crippen LogP contribution >= 0.6 is 12.4 Å². The van der Waals surface area contributed by atoms with Gasteiger partial charge in [-0.2, -0.15) is 0 Å². The molecule has 1 fully saturated rings. The summed E-state index contributed by atoms with van der Waals surface area (Å²) in [4.78, 5) is 25.8. The molecule has 0 aromatic heterocycles. The quantitative estimate of drug-likeness (QED) is 0.647. The number of hydrogen-bond acceptors (Lipinski definition) is 3. The fourth-order valence-corrected chi connectivity index (χ4v) is 3.77. The van der Waals surface area contributed by atoms with Crippen LogP contribution in [0.3, 0.4) is 0 Å². The van der Waals surface area contributed by atoms with Crippen molar-refractivity contribution in [1.29, 1.82) is 0 Å². The van der Waals surface area contributed by atoms with E-state index in [2.05, 4.69) is 16.0 Å². The molecule has 0 spiro atoms. The second-order valence-electron chi connectivity index (χ2n) is 7.69. The summed E-state index contributed by atoms with van der Waals surface area (Å²) in [6.45, 7) is 5.20. The van der Waals surface area contributed by atoms with Gasteiger partial charge in [0.25, 0.3) is 0 Å². The van der Waals surface area contributed by atoms with Crippen LogP contribution in [0.1, 0.15) is 49.9 Å². The van der Waals surface area contributed by atoms with Crippen LogP contribution in [0, 0.1) is 5.41 Å². The number of hydrogen-bond donors (Lipinski definition) is 3. The highest BCUT2D eigenvalue weighted by atomic mass is 35.5. The van der Waals surface area contributed by atoms with Crippen molar-refractivity contribution >= 4 is 24.2 Å². The van der Waals surface area contributed by atoms with Crippen molar-refractivity contribution < 1.29 is 9.59 Å². The minimum atomic E-state index is -0.705. The molecule has 3 unspecified atom stereocenters. The number of rotatable bonds is 7.